The molecular weight excluding hydrogens is 310 g/mol. The predicted octanol–water partition coefficient (Wildman–Crippen LogP) is 4.05. The first kappa shape index (κ1) is 15.5. The molecule has 0 fully saturated rings. The molecule has 0 N–H and O–H groups in total. The molecule has 4 rings (SSSR count). The van der Waals surface area contributed by atoms with Crippen molar-refractivity contribution < 1.29 is 4.79 Å². The number of aromatic nitrogens is 2. The second-order valence-corrected chi connectivity index (χ2v) is 6.30. The Hall–Kier alpha value is -3.01. The van der Waals surface area contributed by atoms with E-state index in [4.69, 9.17) is 0 Å². The lowest BCUT2D eigenvalue weighted by Crippen LogP contribution is -2.36. The van der Waals surface area contributed by atoms with Gasteiger partial charge in [0.2, 0.25) is 0 Å². The standard InChI is InChI=1S/C21H19N3O/c1-15-7-5-10-16-11-6-12-24(19(15)16)21(25)18-13-22-20(23-14-18)17-8-3-2-4-9-17/h2-5,7-10,13-14H,6,11-12H2,1H3. The van der Waals surface area contributed by atoms with E-state index >= 15 is 0 Å². The van der Waals surface area contributed by atoms with Crippen LogP contribution in [0.1, 0.15) is 27.9 Å². The first-order chi connectivity index (χ1) is 12.2. The molecule has 1 aromatic heterocycles. The Morgan fingerprint density at radius 3 is 2.52 bits per heavy atom. The summed E-state index contributed by atoms with van der Waals surface area (Å²) in [7, 11) is 0. The number of aryl methyl sites for hydroxylation is 2. The molecule has 4 nitrogen and oxygen atoms in total. The third kappa shape index (κ3) is 2.91. The summed E-state index contributed by atoms with van der Waals surface area (Å²) in [4.78, 5) is 23.6. The third-order valence-corrected chi connectivity index (χ3v) is 4.60. The Balaban J connectivity index is 1.65. The van der Waals surface area contributed by atoms with Crippen LogP contribution in [0.3, 0.4) is 0 Å². The number of para-hydroxylation sites is 1. The van der Waals surface area contributed by atoms with Crippen molar-refractivity contribution in [3.8, 4) is 11.4 Å². The number of hydrogen-bond acceptors (Lipinski definition) is 3. The summed E-state index contributed by atoms with van der Waals surface area (Å²) < 4.78 is 0. The van der Waals surface area contributed by atoms with Crippen molar-refractivity contribution in [2.45, 2.75) is 19.8 Å². The maximum Gasteiger partial charge on any atom is 0.261 e. The number of fused-ring (bicyclic) bond motifs is 1. The Morgan fingerprint density at radius 1 is 1.00 bits per heavy atom. The Kier molecular flexibility index (Phi) is 4.02. The van der Waals surface area contributed by atoms with Gasteiger partial charge in [-0.05, 0) is 30.9 Å². The minimum absolute atomic E-state index is 0.0325. The van der Waals surface area contributed by atoms with Gasteiger partial charge in [-0.2, -0.15) is 0 Å². The van der Waals surface area contributed by atoms with Gasteiger partial charge >= 0.3 is 0 Å². The number of carbonyl (C=O) groups excluding carboxylic acids is 1. The van der Waals surface area contributed by atoms with Gasteiger partial charge in [0.05, 0.1) is 11.3 Å². The number of rotatable bonds is 2. The van der Waals surface area contributed by atoms with Crippen molar-refractivity contribution >= 4 is 11.6 Å². The molecule has 0 radical (unpaired) electrons. The van der Waals surface area contributed by atoms with Crippen LogP contribution < -0.4 is 4.90 Å². The van der Waals surface area contributed by atoms with E-state index in [2.05, 4.69) is 35.1 Å². The summed E-state index contributed by atoms with van der Waals surface area (Å²) in [5.74, 6) is 0.599. The average Bonchev–Trinajstić information content (AvgIpc) is 2.68. The van der Waals surface area contributed by atoms with Crippen LogP contribution in [0, 0.1) is 6.92 Å². The molecule has 4 heteroatoms. The van der Waals surface area contributed by atoms with Crippen LogP contribution in [0.5, 0.6) is 0 Å². The zero-order valence-corrected chi connectivity index (χ0v) is 14.1. The van der Waals surface area contributed by atoms with Crippen LogP contribution in [0.4, 0.5) is 5.69 Å². The van der Waals surface area contributed by atoms with E-state index in [1.807, 2.05) is 35.2 Å². The SMILES string of the molecule is Cc1cccc2c1N(C(=O)c1cnc(-c3ccccc3)nc1)CCC2. The number of carbonyl (C=O) groups is 1. The van der Waals surface area contributed by atoms with Gasteiger partial charge < -0.3 is 4.90 Å². The van der Waals surface area contributed by atoms with E-state index in [9.17, 15) is 4.79 Å². The number of benzene rings is 2. The molecule has 1 amide bonds. The monoisotopic (exact) mass is 329 g/mol. The van der Waals surface area contributed by atoms with Crippen molar-refractivity contribution in [3.05, 3.63) is 77.6 Å². The molecule has 1 aliphatic heterocycles. The lowest BCUT2D eigenvalue weighted by atomic mass is 9.98. The fraction of sp³-hybridized carbons (Fsp3) is 0.190. The second kappa shape index (κ2) is 6.48. The van der Waals surface area contributed by atoms with E-state index in [0.717, 1.165) is 36.2 Å². The highest BCUT2D eigenvalue weighted by Gasteiger charge is 2.25. The lowest BCUT2D eigenvalue weighted by Gasteiger charge is -2.31. The molecule has 2 heterocycles. The van der Waals surface area contributed by atoms with E-state index < -0.39 is 0 Å². The molecule has 2 aromatic carbocycles. The van der Waals surface area contributed by atoms with Gasteiger partial charge in [-0.1, -0.05) is 48.5 Å². The summed E-state index contributed by atoms with van der Waals surface area (Å²) >= 11 is 0. The summed E-state index contributed by atoms with van der Waals surface area (Å²) in [6, 6.07) is 16.0. The zero-order valence-electron chi connectivity index (χ0n) is 14.1. The van der Waals surface area contributed by atoms with Crippen LogP contribution >= 0.6 is 0 Å². The van der Waals surface area contributed by atoms with Gasteiger partial charge in [0.15, 0.2) is 5.82 Å². The Labute approximate surface area is 147 Å². The summed E-state index contributed by atoms with van der Waals surface area (Å²) in [6.07, 6.45) is 5.25. The normalized spacial score (nSPS) is 13.4. The summed E-state index contributed by atoms with van der Waals surface area (Å²) in [6.45, 7) is 2.79. The van der Waals surface area contributed by atoms with Gasteiger partial charge in [0, 0.05) is 24.5 Å². The number of hydrogen-bond donors (Lipinski definition) is 0. The zero-order chi connectivity index (χ0) is 17.2. The molecule has 1 aliphatic rings. The highest BCUT2D eigenvalue weighted by Crippen LogP contribution is 2.31. The van der Waals surface area contributed by atoms with Crippen molar-refractivity contribution in [2.24, 2.45) is 0 Å². The molecule has 0 spiro atoms. The van der Waals surface area contributed by atoms with Crippen LogP contribution in [0.2, 0.25) is 0 Å². The maximum absolute atomic E-state index is 13.0. The van der Waals surface area contributed by atoms with Crippen molar-refractivity contribution in [1.82, 2.24) is 9.97 Å². The molecule has 0 saturated carbocycles. The molecule has 0 unspecified atom stereocenters. The van der Waals surface area contributed by atoms with E-state index in [1.54, 1.807) is 12.4 Å². The fourth-order valence-electron chi connectivity index (χ4n) is 3.38. The number of amides is 1. The van der Waals surface area contributed by atoms with Gasteiger partial charge in [0.1, 0.15) is 0 Å². The summed E-state index contributed by atoms with van der Waals surface area (Å²) in [5.41, 5.74) is 4.89. The van der Waals surface area contributed by atoms with Crippen molar-refractivity contribution in [2.75, 3.05) is 11.4 Å². The maximum atomic E-state index is 13.0. The van der Waals surface area contributed by atoms with Crippen LogP contribution in [-0.2, 0) is 6.42 Å². The molecule has 124 valence electrons. The minimum Gasteiger partial charge on any atom is -0.308 e. The highest BCUT2D eigenvalue weighted by atomic mass is 16.2. The Bertz CT molecular complexity index is 904. The summed E-state index contributed by atoms with van der Waals surface area (Å²) in [5, 5.41) is 0. The second-order valence-electron chi connectivity index (χ2n) is 6.30. The van der Waals surface area contributed by atoms with Crippen LogP contribution in [0.15, 0.2) is 60.9 Å². The highest BCUT2D eigenvalue weighted by molar-refractivity contribution is 6.06. The van der Waals surface area contributed by atoms with Gasteiger partial charge in [-0.3, -0.25) is 4.79 Å². The van der Waals surface area contributed by atoms with Crippen LogP contribution in [0.25, 0.3) is 11.4 Å². The minimum atomic E-state index is -0.0325. The Morgan fingerprint density at radius 2 is 1.76 bits per heavy atom. The first-order valence-electron chi connectivity index (χ1n) is 8.52. The number of nitrogens with zero attached hydrogens (tertiary/aromatic N) is 3. The quantitative estimate of drug-likeness (QED) is 0.713. The van der Waals surface area contributed by atoms with Gasteiger partial charge in [-0.25, -0.2) is 9.97 Å². The lowest BCUT2D eigenvalue weighted by molar-refractivity contribution is 0.0984. The topological polar surface area (TPSA) is 46.1 Å². The largest absolute Gasteiger partial charge is 0.308 e. The van der Waals surface area contributed by atoms with Crippen molar-refractivity contribution in [1.29, 1.82) is 0 Å². The molecule has 25 heavy (non-hydrogen) atoms. The average molecular weight is 329 g/mol. The van der Waals surface area contributed by atoms with Crippen LogP contribution in [-0.4, -0.2) is 22.4 Å². The smallest absolute Gasteiger partial charge is 0.261 e. The molecule has 0 saturated heterocycles. The van der Waals surface area contributed by atoms with E-state index in [1.165, 1.54) is 5.56 Å². The van der Waals surface area contributed by atoms with Gasteiger partial charge in [-0.15, -0.1) is 0 Å². The van der Waals surface area contributed by atoms with E-state index in [-0.39, 0.29) is 5.91 Å². The molecule has 0 bridgehead atoms. The molecule has 0 aliphatic carbocycles. The van der Waals surface area contributed by atoms with E-state index in [0.29, 0.717) is 11.4 Å². The fourth-order valence-corrected chi connectivity index (χ4v) is 3.38. The number of anilines is 1. The predicted molar refractivity (Wildman–Crippen MR) is 98.6 cm³/mol. The van der Waals surface area contributed by atoms with Gasteiger partial charge in [0.25, 0.3) is 5.91 Å². The molecule has 3 aromatic rings. The molecular formula is C21H19N3O. The third-order valence-electron chi connectivity index (χ3n) is 4.60. The van der Waals surface area contributed by atoms with Crippen molar-refractivity contribution in [3.63, 3.8) is 0 Å². The first-order valence-corrected chi connectivity index (χ1v) is 8.52. The molecule has 0 atom stereocenters.